The van der Waals surface area contributed by atoms with E-state index in [1.807, 2.05) is 19.1 Å². The van der Waals surface area contributed by atoms with Gasteiger partial charge < -0.3 is 15.7 Å². The van der Waals surface area contributed by atoms with E-state index in [4.69, 9.17) is 0 Å². The number of hydrogen-bond acceptors (Lipinski definition) is 3. The molecule has 1 aliphatic heterocycles. The summed E-state index contributed by atoms with van der Waals surface area (Å²) in [5, 5.41) is 16.0. The maximum absolute atomic E-state index is 12.2. The summed E-state index contributed by atoms with van der Waals surface area (Å²) in [6.07, 6.45) is 2.58. The molecule has 1 amide bonds. The van der Waals surface area contributed by atoms with Crippen molar-refractivity contribution in [2.75, 3.05) is 11.9 Å². The van der Waals surface area contributed by atoms with E-state index < -0.39 is 0 Å². The zero-order valence-electron chi connectivity index (χ0n) is 12.0. The standard InChI is InChI=1S/C15H22N2O2.ClH/c1-3-11-4-5-14(18)13(9-11)17-15(19)12-6-7-16-10(2)8-12;/h4-5,9-10,12,16,18H,3,6-8H2,1-2H3,(H,17,19);1H/t10-,12-;/m0./s1. The Kier molecular flexibility index (Phi) is 6.30. The lowest BCUT2D eigenvalue weighted by atomic mass is 9.92. The number of aryl methyl sites for hydroxylation is 1. The number of phenols is 1. The number of anilines is 1. The number of halogens is 1. The van der Waals surface area contributed by atoms with Crippen molar-refractivity contribution in [2.45, 2.75) is 39.2 Å². The minimum Gasteiger partial charge on any atom is -0.506 e. The Balaban J connectivity index is 0.00000200. The first-order chi connectivity index (χ1) is 9.10. The number of hydrogen-bond donors (Lipinski definition) is 3. The molecule has 112 valence electrons. The van der Waals surface area contributed by atoms with E-state index in [0.717, 1.165) is 31.4 Å². The topological polar surface area (TPSA) is 61.4 Å². The molecule has 20 heavy (non-hydrogen) atoms. The molecule has 1 saturated heterocycles. The first kappa shape index (κ1) is 16.8. The van der Waals surface area contributed by atoms with Crippen LogP contribution < -0.4 is 10.6 Å². The van der Waals surface area contributed by atoms with Gasteiger partial charge in [0.25, 0.3) is 0 Å². The fraction of sp³-hybridized carbons (Fsp3) is 0.533. The van der Waals surface area contributed by atoms with Gasteiger partial charge in [-0.2, -0.15) is 0 Å². The van der Waals surface area contributed by atoms with Crippen LogP contribution in [0.1, 0.15) is 32.3 Å². The molecule has 5 heteroatoms. The Bertz CT molecular complexity index is 465. The van der Waals surface area contributed by atoms with Crippen LogP contribution >= 0.6 is 12.4 Å². The van der Waals surface area contributed by atoms with Gasteiger partial charge in [0.15, 0.2) is 0 Å². The highest BCUT2D eigenvalue weighted by atomic mass is 35.5. The molecule has 0 bridgehead atoms. The number of phenolic OH excluding ortho intramolecular Hbond substituents is 1. The number of aromatic hydroxyl groups is 1. The average molecular weight is 299 g/mol. The van der Waals surface area contributed by atoms with Gasteiger partial charge in [-0.1, -0.05) is 13.0 Å². The molecule has 0 aliphatic carbocycles. The molecule has 4 nitrogen and oxygen atoms in total. The number of benzene rings is 1. The van der Waals surface area contributed by atoms with Crippen molar-refractivity contribution in [1.82, 2.24) is 5.32 Å². The maximum Gasteiger partial charge on any atom is 0.227 e. The first-order valence-corrected chi connectivity index (χ1v) is 6.96. The Morgan fingerprint density at radius 3 is 2.90 bits per heavy atom. The Morgan fingerprint density at radius 2 is 2.25 bits per heavy atom. The highest BCUT2D eigenvalue weighted by Gasteiger charge is 2.25. The predicted molar refractivity (Wildman–Crippen MR) is 83.6 cm³/mol. The molecule has 1 aromatic carbocycles. The van der Waals surface area contributed by atoms with E-state index in [1.54, 1.807) is 6.07 Å². The molecule has 1 aliphatic rings. The van der Waals surface area contributed by atoms with Crippen LogP contribution in [0, 0.1) is 5.92 Å². The monoisotopic (exact) mass is 298 g/mol. The second-order valence-electron chi connectivity index (χ2n) is 5.27. The van der Waals surface area contributed by atoms with E-state index in [0.29, 0.717) is 11.7 Å². The van der Waals surface area contributed by atoms with Gasteiger partial charge in [0.1, 0.15) is 5.75 Å². The summed E-state index contributed by atoms with van der Waals surface area (Å²) in [6.45, 7) is 5.02. The van der Waals surface area contributed by atoms with Gasteiger partial charge in [-0.05, 0) is 50.4 Å². The minimum absolute atomic E-state index is 0. The average Bonchev–Trinajstić information content (AvgIpc) is 2.41. The molecule has 0 unspecified atom stereocenters. The lowest BCUT2D eigenvalue weighted by Gasteiger charge is -2.27. The summed E-state index contributed by atoms with van der Waals surface area (Å²) >= 11 is 0. The second-order valence-corrected chi connectivity index (χ2v) is 5.27. The molecule has 2 atom stereocenters. The lowest BCUT2D eigenvalue weighted by molar-refractivity contribution is -0.120. The fourth-order valence-corrected chi connectivity index (χ4v) is 2.51. The van der Waals surface area contributed by atoms with Crippen molar-refractivity contribution >= 4 is 24.0 Å². The molecule has 0 saturated carbocycles. The molecule has 2 rings (SSSR count). The lowest BCUT2D eigenvalue weighted by Crippen LogP contribution is -2.40. The van der Waals surface area contributed by atoms with Gasteiger partial charge in [-0.15, -0.1) is 12.4 Å². The van der Waals surface area contributed by atoms with E-state index in [9.17, 15) is 9.90 Å². The Morgan fingerprint density at radius 1 is 1.50 bits per heavy atom. The summed E-state index contributed by atoms with van der Waals surface area (Å²) in [5.41, 5.74) is 1.63. The third-order valence-electron chi connectivity index (χ3n) is 3.72. The zero-order chi connectivity index (χ0) is 13.8. The second kappa shape index (κ2) is 7.50. The number of carbonyl (C=O) groups is 1. The molecule has 0 aromatic heterocycles. The van der Waals surface area contributed by atoms with Crippen LogP contribution in [0.5, 0.6) is 5.75 Å². The normalized spacial score (nSPS) is 21.9. The summed E-state index contributed by atoms with van der Waals surface area (Å²) in [6, 6.07) is 5.73. The molecule has 3 N–H and O–H groups in total. The van der Waals surface area contributed by atoms with Crippen LogP contribution in [0.15, 0.2) is 18.2 Å². The van der Waals surface area contributed by atoms with E-state index in [2.05, 4.69) is 17.6 Å². The summed E-state index contributed by atoms with van der Waals surface area (Å²) in [5.74, 6) is 0.172. The fourth-order valence-electron chi connectivity index (χ4n) is 2.51. The molecule has 0 spiro atoms. The van der Waals surface area contributed by atoms with Crippen molar-refractivity contribution < 1.29 is 9.90 Å². The van der Waals surface area contributed by atoms with Gasteiger partial charge in [0, 0.05) is 12.0 Å². The summed E-state index contributed by atoms with van der Waals surface area (Å²) in [7, 11) is 0. The Hall–Kier alpha value is -1.26. The van der Waals surface area contributed by atoms with Gasteiger partial charge in [-0.3, -0.25) is 4.79 Å². The van der Waals surface area contributed by atoms with Crippen LogP contribution in [0.25, 0.3) is 0 Å². The molecule has 1 heterocycles. The molecular weight excluding hydrogens is 276 g/mol. The van der Waals surface area contributed by atoms with Crippen molar-refractivity contribution in [2.24, 2.45) is 5.92 Å². The number of rotatable bonds is 3. The SMILES string of the molecule is CCc1ccc(O)c(NC(=O)[C@H]2CCN[C@@H](C)C2)c1.Cl. The number of nitrogens with one attached hydrogen (secondary N) is 2. The maximum atomic E-state index is 12.2. The van der Waals surface area contributed by atoms with Crippen LogP contribution in [0.3, 0.4) is 0 Å². The highest BCUT2D eigenvalue weighted by Crippen LogP contribution is 2.26. The smallest absolute Gasteiger partial charge is 0.227 e. The van der Waals surface area contributed by atoms with E-state index in [-0.39, 0.29) is 30.0 Å². The largest absolute Gasteiger partial charge is 0.506 e. The zero-order valence-corrected chi connectivity index (χ0v) is 12.8. The van der Waals surface area contributed by atoms with Crippen LogP contribution in [-0.4, -0.2) is 23.6 Å². The number of carbonyl (C=O) groups excluding carboxylic acids is 1. The number of piperidine rings is 1. The van der Waals surface area contributed by atoms with Crippen LogP contribution in [-0.2, 0) is 11.2 Å². The third kappa shape index (κ3) is 4.12. The molecular formula is C15H23ClN2O2. The minimum atomic E-state index is 0. The van der Waals surface area contributed by atoms with E-state index in [1.165, 1.54) is 0 Å². The molecule has 1 aromatic rings. The number of amides is 1. The van der Waals surface area contributed by atoms with Gasteiger partial charge in [0.05, 0.1) is 5.69 Å². The van der Waals surface area contributed by atoms with Crippen LogP contribution in [0.2, 0.25) is 0 Å². The van der Waals surface area contributed by atoms with Gasteiger partial charge in [-0.25, -0.2) is 0 Å². The molecule has 1 fully saturated rings. The third-order valence-corrected chi connectivity index (χ3v) is 3.72. The summed E-state index contributed by atoms with van der Waals surface area (Å²) < 4.78 is 0. The first-order valence-electron chi connectivity index (χ1n) is 6.96. The van der Waals surface area contributed by atoms with Crippen molar-refractivity contribution in [3.63, 3.8) is 0 Å². The molecule has 0 radical (unpaired) electrons. The predicted octanol–water partition coefficient (Wildman–Crippen LogP) is 2.70. The van der Waals surface area contributed by atoms with Crippen molar-refractivity contribution in [3.8, 4) is 5.75 Å². The van der Waals surface area contributed by atoms with Crippen molar-refractivity contribution in [3.05, 3.63) is 23.8 Å². The highest BCUT2D eigenvalue weighted by molar-refractivity contribution is 5.94. The van der Waals surface area contributed by atoms with Gasteiger partial charge >= 0.3 is 0 Å². The Labute approximate surface area is 126 Å². The van der Waals surface area contributed by atoms with Crippen LogP contribution in [0.4, 0.5) is 5.69 Å². The van der Waals surface area contributed by atoms with Crippen molar-refractivity contribution in [1.29, 1.82) is 0 Å². The summed E-state index contributed by atoms with van der Waals surface area (Å²) in [4.78, 5) is 12.2. The van der Waals surface area contributed by atoms with E-state index >= 15 is 0 Å². The quantitative estimate of drug-likeness (QED) is 0.752. The van der Waals surface area contributed by atoms with Gasteiger partial charge in [0.2, 0.25) is 5.91 Å².